The molecule has 4 heteroatoms. The molecule has 0 aromatic heterocycles. The van der Waals surface area contributed by atoms with E-state index in [4.69, 9.17) is 15.2 Å². The fourth-order valence-electron chi connectivity index (χ4n) is 1.53. The fourth-order valence-corrected chi connectivity index (χ4v) is 1.53. The van der Waals surface area contributed by atoms with Gasteiger partial charge in [-0.2, -0.15) is 0 Å². The summed E-state index contributed by atoms with van der Waals surface area (Å²) in [4.78, 5) is 11.9. The second-order valence-corrected chi connectivity index (χ2v) is 3.91. The summed E-state index contributed by atoms with van der Waals surface area (Å²) in [7, 11) is 0. The minimum Gasteiger partial charge on any atom is -0.457 e. The zero-order valence-electron chi connectivity index (χ0n) is 10.5. The van der Waals surface area contributed by atoms with Crippen LogP contribution in [0, 0.1) is 6.92 Å². The van der Waals surface area contributed by atoms with Crippen LogP contribution < -0.4 is 5.73 Å². The highest BCUT2D eigenvalue weighted by atomic mass is 16.6. The van der Waals surface area contributed by atoms with E-state index >= 15 is 0 Å². The van der Waals surface area contributed by atoms with Crippen LogP contribution in [0.1, 0.15) is 29.8 Å². The van der Waals surface area contributed by atoms with Crippen LogP contribution in [0.15, 0.2) is 18.2 Å². The molecule has 0 aliphatic rings. The Morgan fingerprint density at radius 1 is 1.47 bits per heavy atom. The van der Waals surface area contributed by atoms with E-state index in [9.17, 15) is 4.79 Å². The van der Waals surface area contributed by atoms with Gasteiger partial charge in [-0.25, -0.2) is 4.79 Å². The van der Waals surface area contributed by atoms with Gasteiger partial charge in [0.05, 0.1) is 12.2 Å². The van der Waals surface area contributed by atoms with Gasteiger partial charge in [0.1, 0.15) is 6.10 Å². The highest BCUT2D eigenvalue weighted by Crippen LogP contribution is 2.18. The number of hydrogen-bond acceptors (Lipinski definition) is 4. The average molecular weight is 237 g/mol. The predicted octanol–water partition coefficient (Wildman–Crippen LogP) is 2.16. The van der Waals surface area contributed by atoms with Crippen LogP contribution in [0.4, 0.5) is 5.69 Å². The van der Waals surface area contributed by atoms with Gasteiger partial charge < -0.3 is 15.2 Å². The molecule has 2 N–H and O–H groups in total. The van der Waals surface area contributed by atoms with Gasteiger partial charge in [-0.15, -0.1) is 0 Å². The smallest absolute Gasteiger partial charge is 0.340 e. The highest BCUT2D eigenvalue weighted by molar-refractivity contribution is 5.96. The van der Waals surface area contributed by atoms with E-state index in [2.05, 4.69) is 0 Å². The molecule has 0 aliphatic carbocycles. The highest BCUT2D eigenvalue weighted by Gasteiger charge is 2.16. The summed E-state index contributed by atoms with van der Waals surface area (Å²) in [6.07, 6.45) is -0.276. The molecule has 94 valence electrons. The normalized spacial score (nSPS) is 12.2. The maximum atomic E-state index is 11.9. The van der Waals surface area contributed by atoms with Gasteiger partial charge in [0, 0.05) is 12.3 Å². The van der Waals surface area contributed by atoms with Crippen molar-refractivity contribution in [2.75, 3.05) is 18.9 Å². The van der Waals surface area contributed by atoms with Crippen molar-refractivity contribution in [2.24, 2.45) is 0 Å². The summed E-state index contributed by atoms with van der Waals surface area (Å²) in [5.41, 5.74) is 7.47. The van der Waals surface area contributed by atoms with Gasteiger partial charge in [-0.1, -0.05) is 12.1 Å². The van der Waals surface area contributed by atoms with Crippen molar-refractivity contribution in [1.29, 1.82) is 0 Å². The number of nitrogen functional groups attached to an aromatic ring is 1. The van der Waals surface area contributed by atoms with E-state index in [-0.39, 0.29) is 6.10 Å². The van der Waals surface area contributed by atoms with Crippen molar-refractivity contribution in [3.05, 3.63) is 29.3 Å². The number of nitrogens with two attached hydrogens (primary N) is 1. The Morgan fingerprint density at radius 3 is 2.76 bits per heavy atom. The van der Waals surface area contributed by atoms with Crippen molar-refractivity contribution >= 4 is 11.7 Å². The summed E-state index contributed by atoms with van der Waals surface area (Å²) in [6, 6.07) is 5.34. The quantitative estimate of drug-likeness (QED) is 0.629. The number of carbonyl (C=O) groups excluding carboxylic acids is 1. The summed E-state index contributed by atoms with van der Waals surface area (Å²) in [6.45, 7) is 6.53. The van der Waals surface area contributed by atoms with Crippen molar-refractivity contribution in [2.45, 2.75) is 26.9 Å². The summed E-state index contributed by atoms with van der Waals surface area (Å²) >= 11 is 0. The number of anilines is 1. The summed E-state index contributed by atoms with van der Waals surface area (Å²) < 4.78 is 10.4. The molecule has 1 rings (SSSR count). The number of ether oxygens (including phenoxy) is 2. The molecule has 0 heterocycles. The molecule has 4 nitrogen and oxygen atoms in total. The predicted molar refractivity (Wildman–Crippen MR) is 67.0 cm³/mol. The molecule has 1 aromatic rings. The first kappa shape index (κ1) is 13.5. The molecule has 1 atom stereocenters. The van der Waals surface area contributed by atoms with Gasteiger partial charge >= 0.3 is 5.97 Å². The maximum absolute atomic E-state index is 11.9. The molecule has 0 saturated heterocycles. The zero-order valence-corrected chi connectivity index (χ0v) is 10.5. The molecule has 0 fully saturated rings. The summed E-state index contributed by atoms with van der Waals surface area (Å²) in [5.74, 6) is -0.396. The monoisotopic (exact) mass is 237 g/mol. The molecule has 0 amide bonds. The first-order chi connectivity index (χ1) is 8.06. The van der Waals surface area contributed by atoms with Crippen LogP contribution >= 0.6 is 0 Å². The number of rotatable bonds is 5. The second kappa shape index (κ2) is 6.25. The number of aryl methyl sites for hydroxylation is 1. The van der Waals surface area contributed by atoms with Gasteiger partial charge in [-0.05, 0) is 32.4 Å². The Labute approximate surface area is 102 Å². The molecule has 17 heavy (non-hydrogen) atoms. The lowest BCUT2D eigenvalue weighted by Crippen LogP contribution is -2.21. The van der Waals surface area contributed by atoms with E-state index < -0.39 is 5.97 Å². The molecule has 0 spiro atoms. The van der Waals surface area contributed by atoms with E-state index in [1.54, 1.807) is 13.0 Å². The van der Waals surface area contributed by atoms with Crippen LogP contribution in [0.25, 0.3) is 0 Å². The first-order valence-corrected chi connectivity index (χ1v) is 5.70. The molecular weight excluding hydrogens is 218 g/mol. The van der Waals surface area contributed by atoms with Crippen molar-refractivity contribution in [3.8, 4) is 0 Å². The third kappa shape index (κ3) is 3.75. The zero-order chi connectivity index (χ0) is 12.8. The third-order valence-corrected chi connectivity index (χ3v) is 2.37. The van der Waals surface area contributed by atoms with Crippen LogP contribution in [-0.4, -0.2) is 25.3 Å². The molecule has 0 saturated carbocycles. The van der Waals surface area contributed by atoms with Crippen molar-refractivity contribution < 1.29 is 14.3 Å². The number of esters is 1. The van der Waals surface area contributed by atoms with E-state index in [1.807, 2.05) is 26.0 Å². The van der Waals surface area contributed by atoms with Crippen LogP contribution in [0.5, 0.6) is 0 Å². The lowest BCUT2D eigenvalue weighted by molar-refractivity contribution is 0.00443. The average Bonchev–Trinajstić information content (AvgIpc) is 2.26. The van der Waals surface area contributed by atoms with Gasteiger partial charge in [0.2, 0.25) is 0 Å². The minimum absolute atomic E-state index is 0.276. The van der Waals surface area contributed by atoms with Gasteiger partial charge in [-0.3, -0.25) is 0 Å². The molecule has 0 aliphatic heterocycles. The topological polar surface area (TPSA) is 61.5 Å². The van der Waals surface area contributed by atoms with E-state index in [0.29, 0.717) is 24.5 Å². The van der Waals surface area contributed by atoms with E-state index in [0.717, 1.165) is 5.56 Å². The first-order valence-electron chi connectivity index (χ1n) is 5.70. The molecule has 0 radical (unpaired) electrons. The number of hydrogen-bond donors (Lipinski definition) is 1. The maximum Gasteiger partial charge on any atom is 0.340 e. The number of benzene rings is 1. The van der Waals surface area contributed by atoms with E-state index in [1.165, 1.54) is 0 Å². The van der Waals surface area contributed by atoms with Crippen LogP contribution in [0.2, 0.25) is 0 Å². The largest absolute Gasteiger partial charge is 0.457 e. The Balaban J connectivity index is 2.70. The molecule has 0 bridgehead atoms. The van der Waals surface area contributed by atoms with Crippen LogP contribution in [0.3, 0.4) is 0 Å². The van der Waals surface area contributed by atoms with Gasteiger partial charge in [0.25, 0.3) is 0 Å². The number of carbonyl (C=O) groups is 1. The second-order valence-electron chi connectivity index (χ2n) is 3.91. The lowest BCUT2D eigenvalue weighted by Gasteiger charge is -2.15. The Bertz CT molecular complexity index is 370. The Morgan fingerprint density at radius 2 is 2.18 bits per heavy atom. The summed E-state index contributed by atoms with van der Waals surface area (Å²) in [5, 5.41) is 0. The lowest BCUT2D eigenvalue weighted by atomic mass is 10.1. The molecule has 1 unspecified atom stereocenters. The van der Waals surface area contributed by atoms with Crippen LogP contribution in [-0.2, 0) is 9.47 Å². The fraction of sp³-hybridized carbons (Fsp3) is 0.462. The SMILES string of the molecule is CCOCC(C)OC(=O)c1c(C)cccc1N. The van der Waals surface area contributed by atoms with Crippen molar-refractivity contribution in [1.82, 2.24) is 0 Å². The minimum atomic E-state index is -0.396. The van der Waals surface area contributed by atoms with Gasteiger partial charge in [0.15, 0.2) is 0 Å². The standard InChI is InChI=1S/C13H19NO3/c1-4-16-8-10(3)17-13(15)12-9(2)6-5-7-11(12)14/h5-7,10H,4,8,14H2,1-3H3. The molecular formula is C13H19NO3. The third-order valence-electron chi connectivity index (χ3n) is 2.37. The molecule has 1 aromatic carbocycles. The Kier molecular flexibility index (Phi) is 4.97. The van der Waals surface area contributed by atoms with Crippen molar-refractivity contribution in [3.63, 3.8) is 0 Å². The Hall–Kier alpha value is -1.55.